The van der Waals surface area contributed by atoms with Crippen molar-refractivity contribution in [2.45, 2.75) is 6.04 Å². The van der Waals surface area contributed by atoms with Crippen molar-refractivity contribution < 1.29 is 9.53 Å². The number of carbonyl (C=O) groups excluding carboxylic acids is 1. The van der Waals surface area contributed by atoms with E-state index in [4.69, 9.17) is 10.5 Å². The molecule has 0 radical (unpaired) electrons. The Morgan fingerprint density at radius 3 is 2.78 bits per heavy atom. The van der Waals surface area contributed by atoms with E-state index in [2.05, 4.69) is 5.32 Å². The maximum Gasteiger partial charge on any atom is 0.234 e. The highest BCUT2D eigenvalue weighted by Crippen LogP contribution is 1.97. The van der Waals surface area contributed by atoms with Crippen LogP contribution in [0.3, 0.4) is 0 Å². The van der Waals surface area contributed by atoms with Crippen LogP contribution in [0.5, 0.6) is 0 Å². The topological polar surface area (TPSA) is 64.4 Å². The summed E-state index contributed by atoms with van der Waals surface area (Å²) < 4.78 is 4.82. The first-order valence-electron chi connectivity index (χ1n) is 2.90. The van der Waals surface area contributed by atoms with Crippen LogP contribution in [0.4, 0.5) is 0 Å². The third-order valence-electron chi connectivity index (χ3n) is 1.19. The van der Waals surface area contributed by atoms with Gasteiger partial charge in [0.25, 0.3) is 0 Å². The normalized spacial score (nSPS) is 18.8. The molecule has 4 nitrogen and oxygen atoms in total. The van der Waals surface area contributed by atoms with Gasteiger partial charge in [0.1, 0.15) is 0 Å². The number of carbonyl (C=O) groups is 1. The minimum atomic E-state index is -0.108. The number of amides is 1. The zero-order valence-corrected chi connectivity index (χ0v) is 5.09. The molecule has 52 valence electrons. The highest BCUT2D eigenvalue weighted by molar-refractivity contribution is 5.78. The van der Waals surface area contributed by atoms with Crippen molar-refractivity contribution in [3.63, 3.8) is 0 Å². The number of nitrogens with one attached hydrogen (secondary N) is 1. The van der Waals surface area contributed by atoms with E-state index in [1.165, 1.54) is 0 Å². The molecule has 1 fully saturated rings. The third kappa shape index (κ3) is 1.65. The predicted octanol–water partition coefficient (Wildman–Crippen LogP) is -1.54. The highest BCUT2D eigenvalue weighted by atomic mass is 16.5. The van der Waals surface area contributed by atoms with Crippen LogP contribution in [0.1, 0.15) is 0 Å². The fraction of sp³-hybridized carbons (Fsp3) is 0.800. The molecule has 1 amide bonds. The second kappa shape index (κ2) is 2.80. The van der Waals surface area contributed by atoms with Gasteiger partial charge in [0, 0.05) is 0 Å². The molecule has 0 aromatic heterocycles. The molecule has 0 atom stereocenters. The average molecular weight is 130 g/mol. The van der Waals surface area contributed by atoms with Crippen molar-refractivity contribution in [2.75, 3.05) is 19.8 Å². The van der Waals surface area contributed by atoms with Gasteiger partial charge in [-0.25, -0.2) is 0 Å². The average Bonchev–Trinajstić information content (AvgIpc) is 1.78. The van der Waals surface area contributed by atoms with Gasteiger partial charge in [-0.05, 0) is 0 Å². The second-order valence-corrected chi connectivity index (χ2v) is 2.01. The van der Waals surface area contributed by atoms with Gasteiger partial charge in [-0.15, -0.1) is 0 Å². The molecule has 1 heterocycles. The molecule has 0 aromatic carbocycles. The number of nitrogens with two attached hydrogens (primary N) is 1. The van der Waals surface area contributed by atoms with Crippen LogP contribution in [-0.4, -0.2) is 31.7 Å². The molecule has 1 saturated heterocycles. The van der Waals surface area contributed by atoms with E-state index in [9.17, 15) is 4.79 Å². The van der Waals surface area contributed by atoms with Crippen molar-refractivity contribution in [2.24, 2.45) is 5.73 Å². The number of ether oxygens (including phenoxy) is 1. The van der Waals surface area contributed by atoms with E-state index in [1.54, 1.807) is 0 Å². The summed E-state index contributed by atoms with van der Waals surface area (Å²) in [5, 5.41) is 2.68. The Morgan fingerprint density at radius 1 is 1.78 bits per heavy atom. The van der Waals surface area contributed by atoms with Crippen molar-refractivity contribution in [3.05, 3.63) is 0 Å². The van der Waals surface area contributed by atoms with E-state index in [0.29, 0.717) is 13.2 Å². The van der Waals surface area contributed by atoms with Crippen LogP contribution in [0.2, 0.25) is 0 Å². The Kier molecular flexibility index (Phi) is 2.02. The summed E-state index contributed by atoms with van der Waals surface area (Å²) in [5.41, 5.74) is 5.05. The number of hydrogen-bond donors (Lipinski definition) is 2. The minimum Gasteiger partial charge on any atom is -0.377 e. The van der Waals surface area contributed by atoms with Gasteiger partial charge in [-0.1, -0.05) is 0 Å². The summed E-state index contributed by atoms with van der Waals surface area (Å²) in [6.07, 6.45) is 0. The second-order valence-electron chi connectivity index (χ2n) is 2.01. The lowest BCUT2D eigenvalue weighted by Gasteiger charge is -2.26. The predicted molar refractivity (Wildman–Crippen MR) is 31.8 cm³/mol. The maximum atomic E-state index is 10.5. The van der Waals surface area contributed by atoms with Gasteiger partial charge in [-0.3, -0.25) is 4.79 Å². The lowest BCUT2D eigenvalue weighted by Crippen LogP contribution is -2.50. The van der Waals surface area contributed by atoms with Crippen LogP contribution < -0.4 is 11.1 Å². The third-order valence-corrected chi connectivity index (χ3v) is 1.19. The van der Waals surface area contributed by atoms with Gasteiger partial charge in [0.2, 0.25) is 5.91 Å². The van der Waals surface area contributed by atoms with Crippen LogP contribution in [0, 0.1) is 0 Å². The SMILES string of the molecule is NCC(=O)NC1COC1. The molecule has 1 aliphatic heterocycles. The molecule has 0 aliphatic carbocycles. The van der Waals surface area contributed by atoms with Gasteiger partial charge in [0.15, 0.2) is 0 Å². The highest BCUT2D eigenvalue weighted by Gasteiger charge is 2.18. The van der Waals surface area contributed by atoms with Gasteiger partial charge >= 0.3 is 0 Å². The lowest BCUT2D eigenvalue weighted by atomic mass is 10.2. The molecule has 0 aromatic rings. The van der Waals surface area contributed by atoms with E-state index in [0.717, 1.165) is 0 Å². The van der Waals surface area contributed by atoms with E-state index in [1.807, 2.05) is 0 Å². The molecule has 0 unspecified atom stereocenters. The van der Waals surface area contributed by atoms with Gasteiger partial charge < -0.3 is 15.8 Å². The molecule has 1 rings (SSSR count). The first-order valence-corrected chi connectivity index (χ1v) is 2.90. The standard InChI is InChI=1S/C5H10N2O2/c6-1-5(8)7-4-2-9-3-4/h4H,1-3,6H2,(H,7,8). The molecule has 4 heteroatoms. The molecule has 9 heavy (non-hydrogen) atoms. The zero-order chi connectivity index (χ0) is 6.69. The van der Waals surface area contributed by atoms with Crippen molar-refractivity contribution in [3.8, 4) is 0 Å². The minimum absolute atomic E-state index is 0.0660. The summed E-state index contributed by atoms with van der Waals surface area (Å²) in [6.45, 7) is 1.33. The van der Waals surface area contributed by atoms with Gasteiger partial charge in [-0.2, -0.15) is 0 Å². The summed E-state index contributed by atoms with van der Waals surface area (Å²) in [4.78, 5) is 10.5. The van der Waals surface area contributed by atoms with Crippen LogP contribution in [0.25, 0.3) is 0 Å². The lowest BCUT2D eigenvalue weighted by molar-refractivity contribution is -0.123. The quantitative estimate of drug-likeness (QED) is 0.476. The molecular formula is C5H10N2O2. The molecule has 0 bridgehead atoms. The van der Waals surface area contributed by atoms with E-state index < -0.39 is 0 Å². The van der Waals surface area contributed by atoms with Crippen LogP contribution in [-0.2, 0) is 9.53 Å². The first-order chi connectivity index (χ1) is 4.33. The monoisotopic (exact) mass is 130 g/mol. The Balaban J connectivity index is 2.09. The summed E-state index contributed by atoms with van der Waals surface area (Å²) in [7, 11) is 0. The van der Waals surface area contributed by atoms with Crippen molar-refractivity contribution in [1.82, 2.24) is 5.32 Å². The number of rotatable bonds is 2. The zero-order valence-electron chi connectivity index (χ0n) is 5.09. The Hall–Kier alpha value is -0.610. The van der Waals surface area contributed by atoms with E-state index in [-0.39, 0.29) is 18.5 Å². The Bertz CT molecular complexity index is 112. The Labute approximate surface area is 53.4 Å². The largest absolute Gasteiger partial charge is 0.377 e. The maximum absolute atomic E-state index is 10.5. The molecular weight excluding hydrogens is 120 g/mol. The molecule has 0 saturated carbocycles. The summed E-state index contributed by atoms with van der Waals surface area (Å²) in [6, 6.07) is 0.209. The van der Waals surface area contributed by atoms with Crippen LogP contribution in [0.15, 0.2) is 0 Å². The smallest absolute Gasteiger partial charge is 0.234 e. The molecule has 3 N–H and O–H groups in total. The van der Waals surface area contributed by atoms with Crippen LogP contribution >= 0.6 is 0 Å². The Morgan fingerprint density at radius 2 is 2.44 bits per heavy atom. The fourth-order valence-corrected chi connectivity index (χ4v) is 0.606. The number of hydrogen-bond acceptors (Lipinski definition) is 3. The summed E-state index contributed by atoms with van der Waals surface area (Å²) >= 11 is 0. The fourth-order valence-electron chi connectivity index (χ4n) is 0.606. The van der Waals surface area contributed by atoms with Gasteiger partial charge in [0.05, 0.1) is 25.8 Å². The summed E-state index contributed by atoms with van der Waals surface area (Å²) in [5.74, 6) is -0.108. The van der Waals surface area contributed by atoms with Crippen molar-refractivity contribution >= 4 is 5.91 Å². The molecule has 0 spiro atoms. The molecule has 1 aliphatic rings. The first kappa shape index (κ1) is 6.51. The van der Waals surface area contributed by atoms with E-state index >= 15 is 0 Å². The van der Waals surface area contributed by atoms with Crippen molar-refractivity contribution in [1.29, 1.82) is 0 Å².